The molecule has 0 aromatic heterocycles. The topological polar surface area (TPSA) is 80.3 Å². The number of fused-ring (bicyclic) bond motifs is 2. The quantitative estimate of drug-likeness (QED) is 0.275. The summed E-state index contributed by atoms with van der Waals surface area (Å²) in [5.41, 5.74) is 3.16. The third-order valence-corrected chi connectivity index (χ3v) is 6.15. The van der Waals surface area contributed by atoms with Crippen molar-refractivity contribution in [3.63, 3.8) is 0 Å². The van der Waals surface area contributed by atoms with Crippen LogP contribution in [0.1, 0.15) is 27.0 Å². The Balaban J connectivity index is 1.69. The highest BCUT2D eigenvalue weighted by Crippen LogP contribution is 2.42. The first kappa shape index (κ1) is 22.7. The van der Waals surface area contributed by atoms with Gasteiger partial charge in [0.25, 0.3) is 0 Å². The van der Waals surface area contributed by atoms with Gasteiger partial charge in [-0.25, -0.2) is 4.79 Å². The van der Waals surface area contributed by atoms with Crippen LogP contribution in [0.5, 0.6) is 23.0 Å². The minimum atomic E-state index is -0.256. The van der Waals surface area contributed by atoms with E-state index in [0.717, 1.165) is 16.7 Å². The van der Waals surface area contributed by atoms with Crippen molar-refractivity contribution in [2.75, 3.05) is 48.3 Å². The van der Waals surface area contributed by atoms with Crippen molar-refractivity contribution in [2.24, 2.45) is 0 Å². The van der Waals surface area contributed by atoms with Gasteiger partial charge in [0.05, 0.1) is 40.5 Å². The Morgan fingerprint density at radius 2 is 1.94 bits per heavy atom. The van der Waals surface area contributed by atoms with Crippen LogP contribution in [0.3, 0.4) is 0 Å². The number of carbonyl (C=O) groups excluding carboxylic acids is 2. The molecule has 1 unspecified atom stereocenters. The maximum atomic E-state index is 13.4. The van der Waals surface area contributed by atoms with Crippen LogP contribution >= 0.6 is 0 Å². The molecule has 0 aliphatic carbocycles. The van der Waals surface area contributed by atoms with Crippen molar-refractivity contribution in [3.8, 4) is 23.0 Å². The van der Waals surface area contributed by atoms with E-state index in [9.17, 15) is 9.59 Å². The van der Waals surface area contributed by atoms with E-state index in [1.54, 1.807) is 32.4 Å². The first-order chi connectivity index (χ1) is 15.9. The third kappa shape index (κ3) is 4.52. The summed E-state index contributed by atoms with van der Waals surface area (Å²) in [6, 6.07) is 7.33. The molecule has 2 aliphatic rings. The Bertz CT molecular complexity index is 1120. The number of methoxy groups -OCH3 is 3. The highest BCUT2D eigenvalue weighted by molar-refractivity contribution is 6.10. The molecule has 8 nitrogen and oxygen atoms in total. The van der Waals surface area contributed by atoms with Crippen molar-refractivity contribution in [2.45, 2.75) is 13.0 Å². The molecule has 0 spiro atoms. The maximum absolute atomic E-state index is 13.4. The smallest absolute Gasteiger partial charge is 0.361 e. The first-order valence-electron chi connectivity index (χ1n) is 10.7. The summed E-state index contributed by atoms with van der Waals surface area (Å²) < 4.78 is 27.4. The average Bonchev–Trinajstić information content (AvgIpc) is 3.28. The van der Waals surface area contributed by atoms with E-state index in [1.807, 2.05) is 19.2 Å². The van der Waals surface area contributed by atoms with Gasteiger partial charge >= 0.3 is 5.97 Å². The summed E-state index contributed by atoms with van der Waals surface area (Å²) in [4.78, 5) is 25.3. The minimum Gasteiger partial charge on any atom is -0.497 e. The van der Waals surface area contributed by atoms with Crippen molar-refractivity contribution in [1.29, 1.82) is 0 Å². The van der Waals surface area contributed by atoms with Crippen LogP contribution in [-0.4, -0.2) is 64.5 Å². The molecular formula is C25H28NO7+. The van der Waals surface area contributed by atoms with Crippen molar-refractivity contribution in [1.82, 2.24) is 0 Å². The number of hydrogen-bond acceptors (Lipinski definition) is 7. The van der Waals surface area contributed by atoms with Crippen LogP contribution in [-0.2, 0) is 22.5 Å². The Morgan fingerprint density at radius 1 is 1.12 bits per heavy atom. The molecule has 2 aliphatic heterocycles. The standard InChI is InChI=1S/C25H28NO7/c1-26(14-23(28)31-4)10-9-19-17(13-26)12-22-25(33-15-32-22)24(19)20(27)7-5-16-11-18(29-2)6-8-21(16)30-3/h5-8,11-12H,9-10,13-15H2,1-4H3/q+1/b7-5+. The second kappa shape index (κ2) is 9.15. The number of hydrogen-bond donors (Lipinski definition) is 0. The fourth-order valence-corrected chi connectivity index (χ4v) is 4.42. The maximum Gasteiger partial charge on any atom is 0.361 e. The molecule has 0 N–H and O–H groups in total. The molecule has 0 fully saturated rings. The van der Waals surface area contributed by atoms with E-state index in [4.69, 9.17) is 23.7 Å². The summed E-state index contributed by atoms with van der Waals surface area (Å²) in [7, 11) is 6.58. The lowest BCUT2D eigenvalue weighted by Gasteiger charge is -2.38. The Morgan fingerprint density at radius 3 is 2.67 bits per heavy atom. The summed E-state index contributed by atoms with van der Waals surface area (Å²) >= 11 is 0. The highest BCUT2D eigenvalue weighted by atomic mass is 16.7. The van der Waals surface area contributed by atoms with E-state index < -0.39 is 0 Å². The number of allylic oxidation sites excluding steroid dienone is 1. The number of ether oxygens (including phenoxy) is 5. The van der Waals surface area contributed by atoms with Gasteiger partial charge < -0.3 is 28.2 Å². The van der Waals surface area contributed by atoms with Crippen molar-refractivity contribution < 1.29 is 37.8 Å². The average molecular weight is 454 g/mol. The molecule has 2 aromatic carbocycles. The second-order valence-corrected chi connectivity index (χ2v) is 8.41. The van der Waals surface area contributed by atoms with E-state index >= 15 is 0 Å². The van der Waals surface area contributed by atoms with Crippen molar-refractivity contribution >= 4 is 17.8 Å². The molecule has 33 heavy (non-hydrogen) atoms. The Kier molecular flexibility index (Phi) is 6.29. The van der Waals surface area contributed by atoms with Crippen LogP contribution in [0.15, 0.2) is 30.3 Å². The van der Waals surface area contributed by atoms with E-state index in [1.165, 1.54) is 13.2 Å². The lowest BCUT2D eigenvalue weighted by atomic mass is 9.89. The highest BCUT2D eigenvalue weighted by Gasteiger charge is 2.36. The fraction of sp³-hybridized carbons (Fsp3) is 0.360. The zero-order chi connectivity index (χ0) is 23.6. The van der Waals surface area contributed by atoms with Gasteiger partial charge in [-0.1, -0.05) is 0 Å². The summed E-state index contributed by atoms with van der Waals surface area (Å²) in [6.45, 7) is 1.63. The molecule has 0 bridgehead atoms. The zero-order valence-corrected chi connectivity index (χ0v) is 19.3. The van der Waals surface area contributed by atoms with Gasteiger partial charge in [-0.3, -0.25) is 4.79 Å². The molecular weight excluding hydrogens is 426 g/mol. The lowest BCUT2D eigenvalue weighted by Crippen LogP contribution is -2.51. The predicted octanol–water partition coefficient (Wildman–Crippen LogP) is 3.00. The van der Waals surface area contributed by atoms with Gasteiger partial charge in [0, 0.05) is 17.5 Å². The Hall–Kier alpha value is -3.52. The van der Waals surface area contributed by atoms with Gasteiger partial charge in [-0.05, 0) is 42.0 Å². The number of esters is 1. The van der Waals surface area contributed by atoms with Gasteiger partial charge in [-0.2, -0.15) is 0 Å². The number of nitrogens with zero attached hydrogens (tertiary/aromatic N) is 1. The SMILES string of the molecule is COC(=O)C[N+]1(C)CCc2c(cc3c(c2C(=O)/C=C/c2cc(OC)ccc2OC)OCO3)C1. The summed E-state index contributed by atoms with van der Waals surface area (Å²) in [5, 5.41) is 0. The zero-order valence-electron chi connectivity index (χ0n) is 19.3. The van der Waals surface area contributed by atoms with E-state index in [2.05, 4.69) is 0 Å². The molecule has 1 atom stereocenters. The van der Waals surface area contributed by atoms with Crippen LogP contribution in [0, 0.1) is 0 Å². The molecule has 8 heteroatoms. The first-order valence-corrected chi connectivity index (χ1v) is 10.7. The Labute approximate surface area is 192 Å². The van der Waals surface area contributed by atoms with Gasteiger partial charge in [0.2, 0.25) is 6.79 Å². The number of likely N-dealkylation sites (N-methyl/N-ethyl adjacent to an activating group) is 1. The largest absolute Gasteiger partial charge is 0.497 e. The van der Waals surface area contributed by atoms with Crippen LogP contribution < -0.4 is 18.9 Å². The van der Waals surface area contributed by atoms with E-state index in [-0.39, 0.29) is 25.1 Å². The molecule has 0 amide bonds. The van der Waals surface area contributed by atoms with Crippen LogP contribution in [0.4, 0.5) is 0 Å². The third-order valence-electron chi connectivity index (χ3n) is 6.15. The molecule has 0 saturated carbocycles. The van der Waals surface area contributed by atoms with Gasteiger partial charge in [0.15, 0.2) is 23.8 Å². The predicted molar refractivity (Wildman–Crippen MR) is 121 cm³/mol. The number of carbonyl (C=O) groups is 2. The molecule has 0 radical (unpaired) electrons. The molecule has 2 aromatic rings. The molecule has 4 rings (SSSR count). The van der Waals surface area contributed by atoms with Crippen molar-refractivity contribution in [3.05, 3.63) is 52.6 Å². The number of ketones is 1. The number of rotatable bonds is 7. The monoisotopic (exact) mass is 454 g/mol. The number of benzene rings is 2. The van der Waals surface area contributed by atoms with Crippen LogP contribution in [0.2, 0.25) is 0 Å². The normalized spacial score (nSPS) is 18.7. The molecule has 174 valence electrons. The van der Waals surface area contributed by atoms with E-state index in [0.29, 0.717) is 52.6 Å². The minimum absolute atomic E-state index is 0.0697. The van der Waals surface area contributed by atoms with Gasteiger partial charge in [0.1, 0.15) is 18.0 Å². The fourth-order valence-electron chi connectivity index (χ4n) is 4.42. The summed E-state index contributed by atoms with van der Waals surface area (Å²) in [6.07, 6.45) is 3.87. The second-order valence-electron chi connectivity index (χ2n) is 8.41. The van der Waals surface area contributed by atoms with Gasteiger partial charge in [-0.15, -0.1) is 0 Å². The summed E-state index contributed by atoms with van der Waals surface area (Å²) in [5.74, 6) is 1.90. The van der Waals surface area contributed by atoms with Crippen LogP contribution in [0.25, 0.3) is 6.08 Å². The molecule has 0 saturated heterocycles. The lowest BCUT2D eigenvalue weighted by molar-refractivity contribution is -0.917. The number of quaternary nitrogens is 1. The molecule has 2 heterocycles.